The first-order valence-electron chi connectivity index (χ1n) is 6.20. The number of rotatable bonds is 4. The molecular formula is C13H13F3N2O2. The number of benzene rings is 1. The summed E-state index contributed by atoms with van der Waals surface area (Å²) in [7, 11) is 0. The molecule has 2 amide bonds. The summed E-state index contributed by atoms with van der Waals surface area (Å²) in [4.78, 5) is 24.6. The van der Waals surface area contributed by atoms with Crippen LogP contribution in [0, 0.1) is 17.5 Å². The summed E-state index contributed by atoms with van der Waals surface area (Å²) in [5.41, 5.74) is -0.339. The highest BCUT2D eigenvalue weighted by atomic mass is 19.2. The molecule has 1 aliphatic rings. The van der Waals surface area contributed by atoms with Crippen molar-refractivity contribution in [3.63, 3.8) is 0 Å². The van der Waals surface area contributed by atoms with Crippen molar-refractivity contribution >= 4 is 17.5 Å². The first kappa shape index (κ1) is 14.4. The minimum Gasteiger partial charge on any atom is -0.371 e. The van der Waals surface area contributed by atoms with Crippen LogP contribution in [0.4, 0.5) is 18.9 Å². The van der Waals surface area contributed by atoms with E-state index in [4.69, 9.17) is 0 Å². The maximum Gasteiger partial charge on any atom is 0.252 e. The summed E-state index contributed by atoms with van der Waals surface area (Å²) < 4.78 is 39.4. The number of hydrogen-bond donors (Lipinski definition) is 1. The predicted octanol–water partition coefficient (Wildman–Crippen LogP) is 2.05. The number of carbonyl (C=O) groups excluding carboxylic acids is 2. The normalized spacial score (nSPS) is 18.8. The molecule has 1 aliphatic heterocycles. The number of amides is 2. The second-order valence-corrected chi connectivity index (χ2v) is 4.51. The molecule has 1 unspecified atom stereocenters. The molecule has 2 rings (SSSR count). The van der Waals surface area contributed by atoms with E-state index in [1.807, 2.05) is 6.92 Å². The van der Waals surface area contributed by atoms with Crippen LogP contribution in [0.25, 0.3) is 0 Å². The first-order valence-corrected chi connectivity index (χ1v) is 6.20. The number of halogens is 3. The molecule has 7 heteroatoms. The fourth-order valence-electron chi connectivity index (χ4n) is 2.08. The Morgan fingerprint density at radius 2 is 1.95 bits per heavy atom. The van der Waals surface area contributed by atoms with Gasteiger partial charge in [-0.3, -0.25) is 14.5 Å². The lowest BCUT2D eigenvalue weighted by atomic mass is 10.2. The van der Waals surface area contributed by atoms with Crippen molar-refractivity contribution in [3.05, 3.63) is 29.6 Å². The molecule has 1 saturated heterocycles. The van der Waals surface area contributed by atoms with Gasteiger partial charge in [0.05, 0.1) is 12.1 Å². The molecule has 1 fully saturated rings. The highest BCUT2D eigenvalue weighted by Crippen LogP contribution is 2.23. The maximum absolute atomic E-state index is 13.5. The monoisotopic (exact) mass is 286 g/mol. The molecule has 1 N–H and O–H groups in total. The van der Waals surface area contributed by atoms with Crippen LogP contribution in [0.15, 0.2) is 12.1 Å². The Morgan fingerprint density at radius 3 is 2.60 bits per heavy atom. The summed E-state index contributed by atoms with van der Waals surface area (Å²) in [6, 6.07) is 0.799. The average Bonchev–Trinajstić information content (AvgIpc) is 2.67. The van der Waals surface area contributed by atoms with Crippen LogP contribution in [0.1, 0.15) is 19.8 Å². The van der Waals surface area contributed by atoms with E-state index in [9.17, 15) is 22.8 Å². The quantitative estimate of drug-likeness (QED) is 0.681. The van der Waals surface area contributed by atoms with Crippen LogP contribution in [0.5, 0.6) is 0 Å². The van der Waals surface area contributed by atoms with Crippen molar-refractivity contribution in [1.29, 1.82) is 0 Å². The summed E-state index contributed by atoms with van der Waals surface area (Å²) >= 11 is 0. The van der Waals surface area contributed by atoms with Gasteiger partial charge in [-0.1, -0.05) is 6.92 Å². The van der Waals surface area contributed by atoms with Crippen molar-refractivity contribution in [2.75, 3.05) is 11.9 Å². The fraction of sp³-hybridized carbons (Fsp3) is 0.385. The molecule has 0 bridgehead atoms. The Morgan fingerprint density at radius 1 is 1.25 bits per heavy atom. The maximum atomic E-state index is 13.5. The summed E-state index contributed by atoms with van der Waals surface area (Å²) in [5.74, 6) is -5.18. The second-order valence-electron chi connectivity index (χ2n) is 4.51. The molecule has 4 nitrogen and oxygen atoms in total. The van der Waals surface area contributed by atoms with Gasteiger partial charge >= 0.3 is 0 Å². The highest BCUT2D eigenvalue weighted by molar-refractivity contribution is 6.06. The van der Waals surface area contributed by atoms with Gasteiger partial charge in [-0.05, 0) is 18.6 Å². The molecule has 1 aromatic carbocycles. The van der Waals surface area contributed by atoms with E-state index in [2.05, 4.69) is 5.32 Å². The van der Waals surface area contributed by atoms with Crippen LogP contribution in [-0.2, 0) is 9.59 Å². The lowest BCUT2D eigenvalue weighted by Crippen LogP contribution is -2.35. The van der Waals surface area contributed by atoms with Crippen LogP contribution in [0.2, 0.25) is 0 Å². The summed E-state index contributed by atoms with van der Waals surface area (Å²) in [6.45, 7) is 2.10. The van der Waals surface area contributed by atoms with Gasteiger partial charge in [-0.15, -0.1) is 0 Å². The summed E-state index contributed by atoms with van der Waals surface area (Å²) in [6.07, 6.45) is 0.487. The van der Waals surface area contributed by atoms with Crippen molar-refractivity contribution in [2.45, 2.75) is 25.8 Å². The van der Waals surface area contributed by atoms with E-state index in [1.165, 1.54) is 0 Å². The van der Waals surface area contributed by atoms with Gasteiger partial charge in [-0.25, -0.2) is 13.2 Å². The molecular weight excluding hydrogens is 273 g/mol. The summed E-state index contributed by atoms with van der Waals surface area (Å²) in [5, 5.41) is 2.45. The van der Waals surface area contributed by atoms with E-state index < -0.39 is 29.4 Å². The lowest BCUT2D eigenvalue weighted by Gasteiger charge is -2.15. The second kappa shape index (κ2) is 5.52. The number of likely N-dealkylation sites (tertiary alicyclic amines) is 1. The highest BCUT2D eigenvalue weighted by Gasteiger charge is 2.38. The SMILES string of the molecule is CCCN1C(=O)CC(Nc2ccc(F)c(F)c2F)C1=O. The Kier molecular flexibility index (Phi) is 3.96. The molecule has 1 heterocycles. The molecule has 0 aliphatic carbocycles. The molecule has 0 saturated carbocycles. The van der Waals surface area contributed by atoms with Gasteiger partial charge in [0.1, 0.15) is 6.04 Å². The van der Waals surface area contributed by atoms with Gasteiger partial charge in [-0.2, -0.15) is 0 Å². The Labute approximate surface area is 113 Å². The van der Waals surface area contributed by atoms with Gasteiger partial charge in [0.15, 0.2) is 17.5 Å². The molecule has 108 valence electrons. The number of imide groups is 1. The zero-order valence-electron chi connectivity index (χ0n) is 10.8. The van der Waals surface area contributed by atoms with Gasteiger partial charge in [0.2, 0.25) is 5.91 Å². The minimum absolute atomic E-state index is 0.128. The van der Waals surface area contributed by atoms with Crippen LogP contribution >= 0.6 is 0 Å². The van der Waals surface area contributed by atoms with Gasteiger partial charge in [0.25, 0.3) is 5.91 Å². The fourth-order valence-corrected chi connectivity index (χ4v) is 2.08. The van der Waals surface area contributed by atoms with E-state index in [0.717, 1.165) is 17.0 Å². The van der Waals surface area contributed by atoms with E-state index >= 15 is 0 Å². The minimum atomic E-state index is -1.61. The van der Waals surface area contributed by atoms with Crippen LogP contribution in [0.3, 0.4) is 0 Å². The smallest absolute Gasteiger partial charge is 0.252 e. The third-order valence-corrected chi connectivity index (χ3v) is 3.06. The number of carbonyl (C=O) groups is 2. The Bertz CT molecular complexity index is 563. The molecule has 1 aromatic rings. The zero-order valence-corrected chi connectivity index (χ0v) is 10.8. The van der Waals surface area contributed by atoms with Crippen molar-refractivity contribution in [2.24, 2.45) is 0 Å². The number of anilines is 1. The number of nitrogens with one attached hydrogen (secondary N) is 1. The molecule has 0 spiro atoms. The Balaban J connectivity index is 2.18. The number of hydrogen-bond acceptors (Lipinski definition) is 3. The average molecular weight is 286 g/mol. The third kappa shape index (κ3) is 2.48. The molecule has 1 atom stereocenters. The number of nitrogens with zero attached hydrogens (tertiary/aromatic N) is 1. The van der Waals surface area contributed by atoms with Crippen LogP contribution < -0.4 is 5.32 Å². The largest absolute Gasteiger partial charge is 0.371 e. The zero-order chi connectivity index (χ0) is 14.9. The Hall–Kier alpha value is -2.05. The van der Waals surface area contributed by atoms with Crippen molar-refractivity contribution in [3.8, 4) is 0 Å². The van der Waals surface area contributed by atoms with E-state index in [-0.39, 0.29) is 24.6 Å². The third-order valence-electron chi connectivity index (χ3n) is 3.06. The van der Waals surface area contributed by atoms with Crippen molar-refractivity contribution < 1.29 is 22.8 Å². The molecule has 20 heavy (non-hydrogen) atoms. The predicted molar refractivity (Wildman–Crippen MR) is 65.4 cm³/mol. The first-order chi connectivity index (χ1) is 9.45. The van der Waals surface area contributed by atoms with E-state index in [0.29, 0.717) is 6.42 Å². The van der Waals surface area contributed by atoms with E-state index in [1.54, 1.807) is 0 Å². The standard InChI is InChI=1S/C13H13F3N2O2/c1-2-5-18-10(19)6-9(13(18)20)17-8-4-3-7(14)11(15)12(8)16/h3-4,9,17H,2,5-6H2,1H3. The molecule has 0 aromatic heterocycles. The topological polar surface area (TPSA) is 49.4 Å². The van der Waals surface area contributed by atoms with Crippen LogP contribution in [-0.4, -0.2) is 29.3 Å². The molecule has 0 radical (unpaired) electrons. The van der Waals surface area contributed by atoms with Gasteiger partial charge in [0, 0.05) is 6.54 Å². The van der Waals surface area contributed by atoms with Crippen molar-refractivity contribution in [1.82, 2.24) is 4.90 Å². The van der Waals surface area contributed by atoms with Gasteiger partial charge < -0.3 is 5.32 Å². The lowest BCUT2D eigenvalue weighted by molar-refractivity contribution is -0.138.